The van der Waals surface area contributed by atoms with Crippen LogP contribution in [0.5, 0.6) is 11.5 Å². The molecule has 4 N–H and O–H groups in total. The molecule has 4 saturated carbocycles. The number of anilines is 5. The maximum absolute atomic E-state index is 13.6. The van der Waals surface area contributed by atoms with Crippen LogP contribution in [-0.4, -0.2) is 64.5 Å². The molecule has 0 bridgehead atoms. The minimum Gasteiger partial charge on any atom is -0.493 e. The highest BCUT2D eigenvalue weighted by molar-refractivity contribution is 6.31. The zero-order valence-electron chi connectivity index (χ0n) is 35.7. The molecule has 4 unspecified atom stereocenters. The number of ether oxygens (including phenoxy) is 2. The molecule has 2 aromatic heterocycles. The van der Waals surface area contributed by atoms with Crippen LogP contribution in [0.4, 0.5) is 37.5 Å². The predicted octanol–water partition coefficient (Wildman–Crippen LogP) is 11.0. The van der Waals surface area contributed by atoms with Gasteiger partial charge >= 0.3 is 0 Å². The summed E-state index contributed by atoms with van der Waals surface area (Å²) in [6, 6.07) is 16.3. The van der Waals surface area contributed by atoms with Crippen molar-refractivity contribution in [3.8, 4) is 11.5 Å². The van der Waals surface area contributed by atoms with E-state index in [2.05, 4.69) is 30.6 Å². The van der Waals surface area contributed by atoms with E-state index in [9.17, 15) is 13.6 Å². The van der Waals surface area contributed by atoms with Gasteiger partial charge in [-0.1, -0.05) is 42.1 Å². The summed E-state index contributed by atoms with van der Waals surface area (Å²) in [4.78, 5) is 32.2. The summed E-state index contributed by atoms with van der Waals surface area (Å²) >= 11 is 11.8. The van der Waals surface area contributed by atoms with Crippen molar-refractivity contribution < 1.29 is 23.0 Å². The van der Waals surface area contributed by atoms with E-state index in [0.717, 1.165) is 52.1 Å². The number of nitrogens with zero attached hydrogens (tertiary/aromatic N) is 5. The standard InChI is InChI=1S/C28H30ClFN4O2.C21H20ClFN4O/c1-34(2)10-4-5-19(35)11-17-12-22-26(14-27(17)36-15-23-20-6-3-7-21(20)23)31-16-32-28(22)33-18-8-9-25(30)24(29)13-18;22-16-6-11(4-5-17(16)23)27-21-14-7-18(24)20(8-19(14)25-10-26-21)28-9-15-12-2-1-3-13(12)15/h4-5,8-9,12-14,16,20-21,23H,3,6-7,10-11,15H2,1-2H3,(H,31,32,33);4-8,10,12-13,15H,1-3,9,24H2,(H,25,26,27)/b5-4+;. The largest absolute Gasteiger partial charge is 0.493 e. The highest BCUT2D eigenvalue weighted by Crippen LogP contribution is 2.58. The van der Waals surface area contributed by atoms with Crippen LogP contribution in [0.3, 0.4) is 0 Å². The van der Waals surface area contributed by atoms with Crippen LogP contribution in [0, 0.1) is 47.1 Å². The molecule has 10 rings (SSSR count). The first-order valence-electron chi connectivity index (χ1n) is 21.8. The quantitative estimate of drug-likeness (QED) is 0.0670. The van der Waals surface area contributed by atoms with Crippen LogP contribution in [0.25, 0.3) is 21.8 Å². The third-order valence-electron chi connectivity index (χ3n) is 13.1. The molecule has 0 amide bonds. The lowest BCUT2D eigenvalue weighted by molar-refractivity contribution is -0.114. The van der Waals surface area contributed by atoms with Gasteiger partial charge in [-0.25, -0.2) is 28.7 Å². The Hall–Kier alpha value is -5.63. The summed E-state index contributed by atoms with van der Waals surface area (Å²) in [5.74, 6) is 6.10. The Morgan fingerprint density at radius 3 is 1.75 bits per heavy atom. The first kappa shape index (κ1) is 43.6. The van der Waals surface area contributed by atoms with Crippen molar-refractivity contribution in [3.05, 3.63) is 113 Å². The third kappa shape index (κ3) is 9.86. The lowest BCUT2D eigenvalue weighted by atomic mass is 10.0. The van der Waals surface area contributed by atoms with Crippen LogP contribution < -0.4 is 25.8 Å². The molecule has 0 radical (unpaired) electrons. The number of hydrogen-bond donors (Lipinski definition) is 3. The van der Waals surface area contributed by atoms with Crippen LogP contribution in [0.2, 0.25) is 10.0 Å². The Labute approximate surface area is 380 Å². The average molecular weight is 908 g/mol. The van der Waals surface area contributed by atoms with E-state index in [4.69, 9.17) is 38.4 Å². The number of halogens is 4. The number of ketones is 1. The SMILES string of the molecule is CN(C)C/C=C/C(=O)Cc1cc2c(Nc3ccc(F)c(Cl)c3)ncnc2cc1OCC1C2CCCC21.Nc1cc2c(Nc3ccc(F)c(Cl)c3)ncnc2cc1OCC1C2CCCC21. The number of benzene rings is 4. The van der Waals surface area contributed by atoms with E-state index >= 15 is 0 Å². The van der Waals surface area contributed by atoms with Crippen molar-refractivity contribution in [2.75, 3.05) is 50.2 Å². The average Bonchev–Trinajstić information content (AvgIpc) is 3.89. The van der Waals surface area contributed by atoms with Gasteiger partial charge in [0.05, 0.1) is 40.0 Å². The summed E-state index contributed by atoms with van der Waals surface area (Å²) in [6.45, 7) is 2.08. The number of likely N-dealkylation sites (N-methyl/N-ethyl adjacent to an activating group) is 1. The third-order valence-corrected chi connectivity index (χ3v) is 13.7. The van der Waals surface area contributed by atoms with Crippen molar-refractivity contribution in [2.24, 2.45) is 35.5 Å². The van der Waals surface area contributed by atoms with Gasteiger partial charge in [0, 0.05) is 52.8 Å². The fourth-order valence-corrected chi connectivity index (χ4v) is 10.1. The second-order valence-corrected chi connectivity index (χ2v) is 18.4. The van der Waals surface area contributed by atoms with Gasteiger partial charge in [0.25, 0.3) is 0 Å². The number of nitrogens with two attached hydrogens (primary N) is 1. The van der Waals surface area contributed by atoms with E-state index in [1.165, 1.54) is 75.4 Å². The normalized spacial score (nSPS) is 21.7. The Kier molecular flexibility index (Phi) is 12.8. The second-order valence-electron chi connectivity index (χ2n) is 17.6. The molecule has 64 heavy (non-hydrogen) atoms. The van der Waals surface area contributed by atoms with Crippen molar-refractivity contribution >= 4 is 79.5 Å². The number of aromatic nitrogens is 4. The smallest absolute Gasteiger partial charge is 0.159 e. The van der Waals surface area contributed by atoms with Crippen molar-refractivity contribution in [2.45, 2.75) is 44.9 Å². The molecule has 4 aromatic carbocycles. The lowest BCUT2D eigenvalue weighted by Crippen LogP contribution is -2.11. The van der Waals surface area contributed by atoms with E-state index in [0.29, 0.717) is 70.7 Å². The summed E-state index contributed by atoms with van der Waals surface area (Å²) < 4.78 is 39.3. The van der Waals surface area contributed by atoms with Crippen molar-refractivity contribution in [1.82, 2.24) is 24.8 Å². The summed E-state index contributed by atoms with van der Waals surface area (Å²) in [5.41, 5.74) is 10.2. The molecule has 4 atom stereocenters. The summed E-state index contributed by atoms with van der Waals surface area (Å²) in [7, 11) is 3.92. The molecule has 11 nitrogen and oxygen atoms in total. The zero-order valence-corrected chi connectivity index (χ0v) is 37.2. The molecular formula is C49H50Cl2F2N8O3. The van der Waals surface area contributed by atoms with Crippen LogP contribution >= 0.6 is 23.2 Å². The van der Waals surface area contributed by atoms with E-state index in [1.54, 1.807) is 18.2 Å². The fourth-order valence-electron chi connectivity index (χ4n) is 9.70. The number of fused-ring (bicyclic) bond motifs is 4. The van der Waals surface area contributed by atoms with Crippen molar-refractivity contribution in [1.29, 1.82) is 0 Å². The highest BCUT2D eigenvalue weighted by Gasteiger charge is 2.53. The highest BCUT2D eigenvalue weighted by atomic mass is 35.5. The van der Waals surface area contributed by atoms with Gasteiger partial charge in [0.2, 0.25) is 0 Å². The number of nitrogen functional groups attached to an aromatic ring is 1. The fraction of sp³-hybridized carbons (Fsp3) is 0.367. The molecule has 6 aromatic rings. The molecule has 332 valence electrons. The van der Waals surface area contributed by atoms with Crippen LogP contribution in [0.1, 0.15) is 44.1 Å². The zero-order chi connectivity index (χ0) is 44.5. The molecular weight excluding hydrogens is 857 g/mol. The first-order chi connectivity index (χ1) is 31.0. The number of carbonyl (C=O) groups is 1. The molecule has 0 saturated heterocycles. The van der Waals surface area contributed by atoms with Crippen LogP contribution in [0.15, 0.2) is 85.5 Å². The minimum atomic E-state index is -0.487. The van der Waals surface area contributed by atoms with Crippen molar-refractivity contribution in [3.63, 3.8) is 0 Å². The number of carbonyl (C=O) groups excluding carboxylic acids is 1. The van der Waals surface area contributed by atoms with Gasteiger partial charge in [-0.3, -0.25) is 4.79 Å². The molecule has 0 aliphatic heterocycles. The van der Waals surface area contributed by atoms with E-state index < -0.39 is 11.6 Å². The Bertz CT molecular complexity index is 2720. The van der Waals surface area contributed by atoms with Gasteiger partial charge in [-0.15, -0.1) is 0 Å². The predicted molar refractivity (Wildman–Crippen MR) is 249 cm³/mol. The Balaban J connectivity index is 0.000000167. The number of nitrogens with one attached hydrogen (secondary N) is 2. The number of hydrogen-bond acceptors (Lipinski definition) is 11. The van der Waals surface area contributed by atoms with Gasteiger partial charge < -0.3 is 30.7 Å². The molecule has 4 aliphatic carbocycles. The number of rotatable bonds is 15. The van der Waals surface area contributed by atoms with E-state index in [1.807, 2.05) is 49.3 Å². The Morgan fingerprint density at radius 2 is 1.23 bits per heavy atom. The monoisotopic (exact) mass is 906 g/mol. The van der Waals surface area contributed by atoms with Gasteiger partial charge in [0.1, 0.15) is 47.4 Å². The maximum atomic E-state index is 13.6. The van der Waals surface area contributed by atoms with Crippen LogP contribution in [-0.2, 0) is 11.2 Å². The number of allylic oxidation sites excluding steroid dienone is 1. The molecule has 4 aliphatic rings. The van der Waals surface area contributed by atoms with Gasteiger partial charge in [0.15, 0.2) is 5.78 Å². The van der Waals surface area contributed by atoms with E-state index in [-0.39, 0.29) is 22.2 Å². The maximum Gasteiger partial charge on any atom is 0.159 e. The minimum absolute atomic E-state index is 0.000941. The molecule has 2 heterocycles. The first-order valence-corrected chi connectivity index (χ1v) is 22.6. The second kappa shape index (κ2) is 18.8. The summed E-state index contributed by atoms with van der Waals surface area (Å²) in [5, 5.41) is 7.92. The molecule has 0 spiro atoms. The molecule has 15 heteroatoms. The molecule has 4 fully saturated rings. The van der Waals surface area contributed by atoms with Gasteiger partial charge in [-0.05, 0) is 130 Å². The topological polar surface area (TPSA) is 140 Å². The van der Waals surface area contributed by atoms with Gasteiger partial charge in [-0.2, -0.15) is 0 Å². The Morgan fingerprint density at radius 1 is 0.734 bits per heavy atom. The lowest BCUT2D eigenvalue weighted by Gasteiger charge is -2.15. The summed E-state index contributed by atoms with van der Waals surface area (Å²) in [6.07, 6.45) is 14.6.